The third kappa shape index (κ3) is 3.29. The second-order valence-corrected chi connectivity index (χ2v) is 7.45. The summed E-state index contributed by atoms with van der Waals surface area (Å²) in [6.07, 6.45) is 0.763. The number of amides is 2. The lowest BCUT2D eigenvalue weighted by Crippen LogP contribution is -2.50. The first kappa shape index (κ1) is 20.2. The number of carbonyl (C=O) groups is 2. The van der Waals surface area contributed by atoms with Gasteiger partial charge < -0.3 is 24.4 Å². The van der Waals surface area contributed by atoms with E-state index >= 15 is 0 Å². The van der Waals surface area contributed by atoms with Crippen molar-refractivity contribution < 1.29 is 23.8 Å². The lowest BCUT2D eigenvalue weighted by molar-refractivity contribution is -0.124. The Balaban J connectivity index is 1.87. The number of methoxy groups -OCH3 is 3. The van der Waals surface area contributed by atoms with Gasteiger partial charge in [0.2, 0.25) is 5.91 Å². The molecular formula is C23H26N2O5. The molecule has 7 nitrogen and oxygen atoms in total. The minimum atomic E-state index is -0.559. The Kier molecular flexibility index (Phi) is 5.63. The van der Waals surface area contributed by atoms with Crippen LogP contribution in [0.25, 0.3) is 0 Å². The molecule has 0 spiro atoms. The van der Waals surface area contributed by atoms with Gasteiger partial charge in [-0.2, -0.15) is 0 Å². The number of nitrogens with zero attached hydrogens (tertiary/aromatic N) is 1. The summed E-state index contributed by atoms with van der Waals surface area (Å²) in [4.78, 5) is 28.6. The number of carbonyl (C=O) groups excluding carboxylic acids is 2. The van der Waals surface area contributed by atoms with Crippen molar-refractivity contribution >= 4 is 11.8 Å². The van der Waals surface area contributed by atoms with Gasteiger partial charge in [0.1, 0.15) is 0 Å². The summed E-state index contributed by atoms with van der Waals surface area (Å²) < 4.78 is 16.0. The van der Waals surface area contributed by atoms with Gasteiger partial charge in [0.15, 0.2) is 11.5 Å². The maximum Gasteiger partial charge on any atom is 0.254 e. The Morgan fingerprint density at radius 3 is 2.57 bits per heavy atom. The third-order valence-electron chi connectivity index (χ3n) is 5.92. The highest BCUT2D eigenvalue weighted by molar-refractivity contribution is 6.02. The fraction of sp³-hybridized carbons (Fsp3) is 0.391. The van der Waals surface area contributed by atoms with Crippen LogP contribution in [0.2, 0.25) is 0 Å². The van der Waals surface area contributed by atoms with Crippen LogP contribution in [0.4, 0.5) is 0 Å². The molecular weight excluding hydrogens is 384 g/mol. The Hall–Kier alpha value is -3.06. The number of hydrogen-bond acceptors (Lipinski definition) is 5. The molecule has 0 saturated heterocycles. The van der Waals surface area contributed by atoms with E-state index in [1.165, 1.54) is 12.7 Å². The van der Waals surface area contributed by atoms with Crippen LogP contribution in [-0.4, -0.2) is 57.7 Å². The molecule has 30 heavy (non-hydrogen) atoms. The highest BCUT2D eigenvalue weighted by Gasteiger charge is 2.46. The average molecular weight is 410 g/mol. The maximum atomic E-state index is 13.4. The van der Waals surface area contributed by atoms with Gasteiger partial charge in [0.25, 0.3) is 5.91 Å². The Labute approximate surface area is 175 Å². The summed E-state index contributed by atoms with van der Waals surface area (Å²) in [7, 11) is 4.67. The summed E-state index contributed by atoms with van der Waals surface area (Å²) in [5, 5.41) is 2.96. The molecule has 4 rings (SSSR count). The van der Waals surface area contributed by atoms with E-state index in [2.05, 4.69) is 11.4 Å². The molecule has 2 aliphatic heterocycles. The molecule has 0 saturated carbocycles. The third-order valence-corrected chi connectivity index (χ3v) is 5.92. The van der Waals surface area contributed by atoms with Gasteiger partial charge in [0.05, 0.1) is 32.8 Å². The molecule has 2 aromatic carbocycles. The summed E-state index contributed by atoms with van der Waals surface area (Å²) in [6, 6.07) is 11.1. The average Bonchev–Trinajstić information content (AvgIpc) is 2.78. The van der Waals surface area contributed by atoms with Crippen molar-refractivity contribution in [3.8, 4) is 11.5 Å². The molecule has 2 unspecified atom stereocenters. The summed E-state index contributed by atoms with van der Waals surface area (Å²) in [5.41, 5.74) is 3.33. The van der Waals surface area contributed by atoms with Gasteiger partial charge in [-0.15, -0.1) is 0 Å². The molecule has 1 N–H and O–H groups in total. The van der Waals surface area contributed by atoms with Crippen molar-refractivity contribution in [2.75, 3.05) is 41.0 Å². The largest absolute Gasteiger partial charge is 0.493 e. The molecule has 2 aliphatic rings. The summed E-state index contributed by atoms with van der Waals surface area (Å²) in [6.45, 7) is 1.38. The van der Waals surface area contributed by atoms with Gasteiger partial charge in [-0.25, -0.2) is 0 Å². The van der Waals surface area contributed by atoms with E-state index in [4.69, 9.17) is 14.2 Å². The van der Waals surface area contributed by atoms with Crippen LogP contribution in [-0.2, 0) is 16.0 Å². The lowest BCUT2D eigenvalue weighted by atomic mass is 9.75. The number of hydrogen-bond donors (Lipinski definition) is 1. The molecule has 7 heteroatoms. The van der Waals surface area contributed by atoms with Crippen molar-refractivity contribution in [3.63, 3.8) is 0 Å². The zero-order valence-corrected chi connectivity index (χ0v) is 17.4. The van der Waals surface area contributed by atoms with E-state index in [1.54, 1.807) is 26.4 Å². The minimum absolute atomic E-state index is 0.0913. The highest BCUT2D eigenvalue weighted by atomic mass is 16.5. The Bertz CT molecular complexity index is 974. The quantitative estimate of drug-likeness (QED) is 0.740. The SMILES string of the molecule is COCCNC(=O)C1c2cc(OC)c(OC)cc2C(=O)N2CCc3ccccc3C12. The Morgan fingerprint density at radius 1 is 1.10 bits per heavy atom. The van der Waals surface area contributed by atoms with Gasteiger partial charge in [-0.3, -0.25) is 9.59 Å². The molecule has 0 fully saturated rings. The van der Waals surface area contributed by atoms with Gasteiger partial charge >= 0.3 is 0 Å². The van der Waals surface area contributed by atoms with E-state index in [9.17, 15) is 9.59 Å². The van der Waals surface area contributed by atoms with Crippen LogP contribution < -0.4 is 14.8 Å². The fourth-order valence-corrected chi connectivity index (χ4v) is 4.52. The zero-order chi connectivity index (χ0) is 21.3. The number of ether oxygens (including phenoxy) is 3. The van der Waals surface area contributed by atoms with Crippen LogP contribution in [0.15, 0.2) is 36.4 Å². The smallest absolute Gasteiger partial charge is 0.254 e. The van der Waals surface area contributed by atoms with Gasteiger partial charge in [0, 0.05) is 25.8 Å². The monoisotopic (exact) mass is 410 g/mol. The van der Waals surface area contributed by atoms with E-state index < -0.39 is 5.92 Å². The molecule has 2 heterocycles. The number of fused-ring (bicyclic) bond motifs is 4. The maximum absolute atomic E-state index is 13.4. The molecule has 0 radical (unpaired) electrons. The number of nitrogens with one attached hydrogen (secondary N) is 1. The molecule has 2 aromatic rings. The van der Waals surface area contributed by atoms with Crippen molar-refractivity contribution in [3.05, 3.63) is 58.7 Å². The van der Waals surface area contributed by atoms with Crippen LogP contribution >= 0.6 is 0 Å². The van der Waals surface area contributed by atoms with Crippen molar-refractivity contribution in [2.24, 2.45) is 0 Å². The standard InChI is InChI=1S/C23H26N2O5/c1-28-11-9-24-22(26)20-16-12-18(29-2)19(30-3)13-17(16)23(27)25-10-8-14-6-4-5-7-15(14)21(20)25/h4-7,12-13,20-21H,8-11H2,1-3H3,(H,24,26). The second kappa shape index (κ2) is 8.36. The van der Waals surface area contributed by atoms with Gasteiger partial charge in [-0.05, 0) is 35.2 Å². The van der Waals surface area contributed by atoms with Crippen LogP contribution in [0.5, 0.6) is 11.5 Å². The lowest BCUT2D eigenvalue weighted by Gasteiger charge is -2.45. The molecule has 158 valence electrons. The first-order chi connectivity index (χ1) is 14.6. The summed E-state index contributed by atoms with van der Waals surface area (Å²) >= 11 is 0. The van der Waals surface area contributed by atoms with Crippen LogP contribution in [0.3, 0.4) is 0 Å². The summed E-state index contributed by atoms with van der Waals surface area (Å²) in [5.74, 6) is 0.178. The first-order valence-corrected chi connectivity index (χ1v) is 10.0. The number of benzene rings is 2. The topological polar surface area (TPSA) is 77.1 Å². The molecule has 0 aliphatic carbocycles. The van der Waals surface area contributed by atoms with Crippen molar-refractivity contribution in [2.45, 2.75) is 18.4 Å². The molecule has 2 atom stereocenters. The second-order valence-electron chi connectivity index (χ2n) is 7.45. The van der Waals surface area contributed by atoms with Crippen molar-refractivity contribution in [1.29, 1.82) is 0 Å². The highest BCUT2D eigenvalue weighted by Crippen LogP contribution is 2.48. The molecule has 2 amide bonds. The minimum Gasteiger partial charge on any atom is -0.493 e. The van der Waals surface area contributed by atoms with E-state index in [-0.39, 0.29) is 17.9 Å². The zero-order valence-electron chi connectivity index (χ0n) is 17.4. The van der Waals surface area contributed by atoms with Crippen LogP contribution in [0.1, 0.15) is 39.0 Å². The molecule has 0 aromatic heterocycles. The van der Waals surface area contributed by atoms with E-state index in [1.807, 2.05) is 23.1 Å². The van der Waals surface area contributed by atoms with Crippen molar-refractivity contribution in [1.82, 2.24) is 10.2 Å². The van der Waals surface area contributed by atoms with Crippen LogP contribution in [0, 0.1) is 0 Å². The normalized spacial score (nSPS) is 19.4. The van der Waals surface area contributed by atoms with Gasteiger partial charge in [-0.1, -0.05) is 24.3 Å². The number of rotatable bonds is 6. The first-order valence-electron chi connectivity index (χ1n) is 10.0. The van der Waals surface area contributed by atoms with E-state index in [0.717, 1.165) is 12.0 Å². The molecule has 0 bridgehead atoms. The predicted octanol–water partition coefficient (Wildman–Crippen LogP) is 2.30. The Morgan fingerprint density at radius 2 is 1.83 bits per heavy atom. The van der Waals surface area contributed by atoms with E-state index in [0.29, 0.717) is 42.3 Å². The fourth-order valence-electron chi connectivity index (χ4n) is 4.52. The predicted molar refractivity (Wildman–Crippen MR) is 111 cm³/mol.